The number of aliphatic hydroxyl groups is 1. The van der Waals surface area contributed by atoms with Crippen LogP contribution in [-0.4, -0.2) is 79.5 Å². The lowest BCUT2D eigenvalue weighted by atomic mass is 10.0. The van der Waals surface area contributed by atoms with Gasteiger partial charge >= 0.3 is 6.36 Å². The summed E-state index contributed by atoms with van der Waals surface area (Å²) in [7, 11) is -3.77. The second-order valence-electron chi connectivity index (χ2n) is 9.33. The van der Waals surface area contributed by atoms with Crippen LogP contribution in [0.5, 0.6) is 5.75 Å². The number of carbonyl (C=O) groups is 2. The predicted octanol–water partition coefficient (Wildman–Crippen LogP) is 2.74. The molecule has 1 fully saturated rings. The number of nitrogens with one attached hydrogen (secondary N) is 1. The molecule has 0 aliphatic carbocycles. The standard InChI is InChI=1S/C25H28F3N3O6S.2H2S/c1-2-31(24(34)11-16-6-7-22-20(10-16)29-23(33)15-38(22,35)36)21(14-30-9-8-18(32)13-30)17-4-3-5-19(12-17)37-25(26,27)28;;/h3-7,10,12,18,21,32H,2,8-9,11,13-15H2,1H3,(H,29,33);2*1H2/t18-,21+;;/m0../s1. The number of likely N-dealkylation sites (tertiary alicyclic amines) is 1. The molecule has 2 aromatic carbocycles. The summed E-state index contributed by atoms with van der Waals surface area (Å²) in [6.45, 7) is 3.21. The molecule has 4 rings (SSSR count). The molecule has 0 spiro atoms. The van der Waals surface area contributed by atoms with Gasteiger partial charge in [-0.2, -0.15) is 27.0 Å². The normalized spacial score (nSPS) is 18.9. The van der Waals surface area contributed by atoms with Gasteiger partial charge in [0, 0.05) is 26.2 Å². The van der Waals surface area contributed by atoms with E-state index in [0.717, 1.165) is 0 Å². The maximum atomic E-state index is 13.5. The number of fused-ring (bicyclic) bond motifs is 1. The molecule has 15 heteroatoms. The minimum Gasteiger partial charge on any atom is -0.406 e. The van der Waals surface area contributed by atoms with Gasteiger partial charge in [0.05, 0.1) is 29.1 Å². The van der Waals surface area contributed by atoms with Crippen molar-refractivity contribution < 1.29 is 41.0 Å². The molecule has 2 heterocycles. The number of hydrogen-bond donors (Lipinski definition) is 2. The van der Waals surface area contributed by atoms with E-state index >= 15 is 0 Å². The lowest BCUT2D eigenvalue weighted by Crippen LogP contribution is -2.42. The Bertz CT molecular complexity index is 1330. The molecule has 1 saturated heterocycles. The summed E-state index contributed by atoms with van der Waals surface area (Å²) in [5.41, 5.74) is 1.01. The third-order valence-corrected chi connectivity index (χ3v) is 8.19. The Hall–Kier alpha value is -2.46. The van der Waals surface area contributed by atoms with Crippen molar-refractivity contribution in [3.63, 3.8) is 0 Å². The number of sulfone groups is 1. The van der Waals surface area contributed by atoms with E-state index in [1.807, 2.05) is 4.90 Å². The Morgan fingerprint density at radius 2 is 1.95 bits per heavy atom. The summed E-state index contributed by atoms with van der Waals surface area (Å²) in [6, 6.07) is 9.13. The number of anilines is 1. The fraction of sp³-hybridized carbons (Fsp3) is 0.440. The summed E-state index contributed by atoms with van der Waals surface area (Å²) in [4.78, 5) is 28.8. The molecule has 2 N–H and O–H groups in total. The largest absolute Gasteiger partial charge is 0.573 e. The van der Waals surface area contributed by atoms with E-state index in [0.29, 0.717) is 30.6 Å². The van der Waals surface area contributed by atoms with E-state index < -0.39 is 45.8 Å². The molecule has 0 radical (unpaired) electrons. The molecule has 2 aliphatic heterocycles. The van der Waals surface area contributed by atoms with Crippen LogP contribution in [0.3, 0.4) is 0 Å². The molecule has 0 unspecified atom stereocenters. The number of rotatable bonds is 8. The van der Waals surface area contributed by atoms with Crippen LogP contribution in [-0.2, 0) is 25.8 Å². The summed E-state index contributed by atoms with van der Waals surface area (Å²) in [6.07, 6.45) is -4.98. The highest BCUT2D eigenvalue weighted by atomic mass is 32.2. The van der Waals surface area contributed by atoms with Crippen molar-refractivity contribution in [2.75, 3.05) is 37.2 Å². The third-order valence-electron chi connectivity index (χ3n) is 6.52. The zero-order valence-corrected chi connectivity index (χ0v) is 24.4. The van der Waals surface area contributed by atoms with Crippen molar-refractivity contribution in [3.05, 3.63) is 53.6 Å². The first-order valence-electron chi connectivity index (χ1n) is 12.1. The minimum atomic E-state index is -4.87. The number of carbonyl (C=O) groups excluding carboxylic acids is 2. The van der Waals surface area contributed by atoms with Crippen LogP contribution in [0, 0.1) is 0 Å². The van der Waals surface area contributed by atoms with E-state index in [-0.39, 0.29) is 63.0 Å². The Kier molecular flexibility index (Phi) is 11.4. The lowest BCUT2D eigenvalue weighted by molar-refractivity contribution is -0.274. The first-order valence-corrected chi connectivity index (χ1v) is 13.7. The number of likely N-dealkylation sites (N-methyl/N-ethyl adjacent to an activating group) is 1. The number of nitrogens with zero attached hydrogens (tertiary/aromatic N) is 2. The van der Waals surface area contributed by atoms with E-state index in [1.54, 1.807) is 13.0 Å². The average molecular weight is 624 g/mol. The van der Waals surface area contributed by atoms with Crippen LogP contribution in [0.4, 0.5) is 18.9 Å². The van der Waals surface area contributed by atoms with Crippen LogP contribution in [0.15, 0.2) is 47.4 Å². The molecular weight excluding hydrogens is 591 g/mol. The fourth-order valence-corrected chi connectivity index (χ4v) is 6.16. The molecule has 222 valence electrons. The second kappa shape index (κ2) is 13.5. The third kappa shape index (κ3) is 8.28. The molecule has 2 aromatic rings. The van der Waals surface area contributed by atoms with E-state index in [9.17, 15) is 36.3 Å². The average Bonchev–Trinajstić information content (AvgIpc) is 3.21. The monoisotopic (exact) mass is 623 g/mol. The Morgan fingerprint density at radius 1 is 1.23 bits per heavy atom. The zero-order valence-electron chi connectivity index (χ0n) is 21.6. The molecule has 40 heavy (non-hydrogen) atoms. The quantitative estimate of drug-likeness (QED) is 0.465. The van der Waals surface area contributed by atoms with Crippen molar-refractivity contribution in [3.8, 4) is 5.75 Å². The number of benzene rings is 2. The molecule has 0 aromatic heterocycles. The van der Waals surface area contributed by atoms with Crippen LogP contribution < -0.4 is 10.1 Å². The molecule has 2 amide bonds. The Morgan fingerprint density at radius 3 is 2.58 bits per heavy atom. The highest BCUT2D eigenvalue weighted by Crippen LogP contribution is 2.31. The van der Waals surface area contributed by atoms with Gasteiger partial charge in [-0.05, 0) is 48.7 Å². The van der Waals surface area contributed by atoms with Gasteiger partial charge in [0.1, 0.15) is 11.5 Å². The zero-order chi connectivity index (χ0) is 27.7. The van der Waals surface area contributed by atoms with Crippen molar-refractivity contribution in [1.82, 2.24) is 9.80 Å². The van der Waals surface area contributed by atoms with Gasteiger partial charge < -0.3 is 20.1 Å². The molecule has 0 saturated carbocycles. The van der Waals surface area contributed by atoms with E-state index in [2.05, 4.69) is 10.1 Å². The van der Waals surface area contributed by atoms with Gasteiger partial charge in [-0.15, -0.1) is 13.2 Å². The van der Waals surface area contributed by atoms with Crippen molar-refractivity contribution in [2.24, 2.45) is 0 Å². The Labute approximate surface area is 244 Å². The number of aliphatic hydroxyl groups excluding tert-OH is 1. The number of amides is 2. The molecular formula is C25H32F3N3O6S3. The van der Waals surface area contributed by atoms with Gasteiger partial charge in [0.15, 0.2) is 9.84 Å². The molecule has 2 aliphatic rings. The van der Waals surface area contributed by atoms with Crippen molar-refractivity contribution >= 4 is 54.3 Å². The van der Waals surface area contributed by atoms with E-state index in [4.69, 9.17) is 0 Å². The topological polar surface area (TPSA) is 116 Å². The lowest BCUT2D eigenvalue weighted by Gasteiger charge is -2.34. The van der Waals surface area contributed by atoms with Gasteiger partial charge in [-0.25, -0.2) is 8.42 Å². The van der Waals surface area contributed by atoms with E-state index in [1.165, 1.54) is 41.3 Å². The van der Waals surface area contributed by atoms with Crippen LogP contribution in [0.1, 0.15) is 30.5 Å². The number of halogens is 3. The first kappa shape index (κ1) is 33.7. The highest BCUT2D eigenvalue weighted by molar-refractivity contribution is 7.92. The van der Waals surface area contributed by atoms with Gasteiger partial charge in [-0.3, -0.25) is 14.5 Å². The number of alkyl halides is 3. The summed E-state index contributed by atoms with van der Waals surface area (Å²) >= 11 is 0. The highest BCUT2D eigenvalue weighted by Gasteiger charge is 2.33. The number of β-amino-alcohol motifs (C(OH)–C–C–N with tert-alkyl or cyclic N) is 1. The van der Waals surface area contributed by atoms with Gasteiger partial charge in [0.2, 0.25) is 11.8 Å². The maximum absolute atomic E-state index is 13.5. The summed E-state index contributed by atoms with van der Waals surface area (Å²) < 4.78 is 67.2. The first-order chi connectivity index (χ1) is 17.8. The molecule has 9 nitrogen and oxygen atoms in total. The van der Waals surface area contributed by atoms with Crippen molar-refractivity contribution in [1.29, 1.82) is 0 Å². The minimum absolute atomic E-state index is 0. The fourth-order valence-electron chi connectivity index (χ4n) is 4.86. The maximum Gasteiger partial charge on any atom is 0.573 e. The number of ether oxygens (including phenoxy) is 1. The second-order valence-corrected chi connectivity index (χ2v) is 11.3. The summed E-state index contributed by atoms with van der Waals surface area (Å²) in [5, 5.41) is 12.5. The predicted molar refractivity (Wildman–Crippen MR) is 152 cm³/mol. The molecule has 0 bridgehead atoms. The van der Waals surface area contributed by atoms with Crippen LogP contribution in [0.2, 0.25) is 0 Å². The van der Waals surface area contributed by atoms with Crippen LogP contribution in [0.25, 0.3) is 0 Å². The number of hydrogen-bond acceptors (Lipinski definition) is 7. The van der Waals surface area contributed by atoms with Gasteiger partial charge in [-0.1, -0.05) is 18.2 Å². The van der Waals surface area contributed by atoms with Gasteiger partial charge in [0.25, 0.3) is 0 Å². The van der Waals surface area contributed by atoms with Crippen molar-refractivity contribution in [2.45, 2.75) is 43.2 Å². The summed E-state index contributed by atoms with van der Waals surface area (Å²) in [5.74, 6) is -2.06. The van der Waals surface area contributed by atoms with Crippen LogP contribution >= 0.6 is 27.0 Å². The smallest absolute Gasteiger partial charge is 0.406 e. The molecule has 2 atom stereocenters. The Balaban J connectivity index is 0.00000280. The SMILES string of the molecule is CCN(C(=O)Cc1ccc2c(c1)NC(=O)CS2(=O)=O)[C@H](CN1CC[C@H](O)C1)c1cccc(OC(F)(F)F)c1.S.S.